The van der Waals surface area contributed by atoms with Crippen LogP contribution in [0, 0.1) is 0 Å². The minimum atomic E-state index is -5.10. The van der Waals surface area contributed by atoms with Crippen LogP contribution in [0.4, 0.5) is 13.2 Å². The summed E-state index contributed by atoms with van der Waals surface area (Å²) in [7, 11) is 0. The van der Waals surface area contributed by atoms with E-state index in [1.54, 1.807) is 18.2 Å². The highest BCUT2D eigenvalue weighted by atomic mass is 19.4. The van der Waals surface area contributed by atoms with Crippen molar-refractivity contribution in [2.45, 2.75) is 25.1 Å². The zero-order chi connectivity index (χ0) is 20.9. The molecule has 2 aromatic carbocycles. The molecule has 1 unspecified atom stereocenters. The van der Waals surface area contributed by atoms with Crippen LogP contribution in [0.25, 0.3) is 0 Å². The van der Waals surface area contributed by atoms with E-state index in [-0.39, 0.29) is 17.4 Å². The molecule has 0 saturated heterocycles. The normalized spacial score (nSPS) is 12.4. The average Bonchev–Trinajstić information content (AvgIpc) is 2.68. The lowest BCUT2D eigenvalue weighted by Gasteiger charge is -2.18. The zero-order valence-electron chi connectivity index (χ0n) is 15.3. The van der Waals surface area contributed by atoms with Crippen LogP contribution in [0.5, 0.6) is 0 Å². The van der Waals surface area contributed by atoms with E-state index in [1.807, 2.05) is 30.3 Å². The molecule has 1 atom stereocenters. The van der Waals surface area contributed by atoms with Gasteiger partial charge in [-0.15, -0.1) is 13.2 Å². The summed E-state index contributed by atoms with van der Waals surface area (Å²) >= 11 is 0. The number of carbonyl (C=O) groups is 1. The molecule has 7 heteroatoms. The molecule has 0 aliphatic rings. The lowest BCUT2D eigenvalue weighted by atomic mass is 9.90. The van der Waals surface area contributed by atoms with Crippen molar-refractivity contribution in [1.29, 1.82) is 0 Å². The van der Waals surface area contributed by atoms with E-state index >= 15 is 0 Å². The summed E-state index contributed by atoms with van der Waals surface area (Å²) in [5, 5.41) is 0. The Balaban J connectivity index is 1.97. The highest BCUT2D eigenvalue weighted by molar-refractivity contribution is 5.78. The number of H-pyrrole nitrogens is 1. The van der Waals surface area contributed by atoms with E-state index in [0.29, 0.717) is 17.7 Å². The van der Waals surface area contributed by atoms with Crippen molar-refractivity contribution >= 4 is 5.97 Å². The number of carbonyl (C=O) groups excluding carboxylic acids is 1. The van der Waals surface area contributed by atoms with Gasteiger partial charge in [-0.25, -0.2) is 0 Å². The van der Waals surface area contributed by atoms with Crippen molar-refractivity contribution in [2.75, 3.05) is 0 Å². The van der Waals surface area contributed by atoms with Crippen molar-refractivity contribution in [1.82, 2.24) is 4.98 Å². The van der Waals surface area contributed by atoms with Crippen LogP contribution in [0.3, 0.4) is 0 Å². The molecule has 0 amide bonds. The topological polar surface area (TPSA) is 59.2 Å². The lowest BCUT2D eigenvalue weighted by molar-refractivity contribution is -0.306. The Morgan fingerprint density at radius 3 is 2.21 bits per heavy atom. The van der Waals surface area contributed by atoms with E-state index in [0.717, 1.165) is 5.56 Å². The highest BCUT2D eigenvalue weighted by Crippen LogP contribution is 2.27. The average molecular weight is 401 g/mol. The van der Waals surface area contributed by atoms with Gasteiger partial charge in [-0.3, -0.25) is 9.59 Å². The second kappa shape index (κ2) is 8.77. The quantitative estimate of drug-likeness (QED) is 0.625. The highest BCUT2D eigenvalue weighted by Gasteiger charge is 2.37. The van der Waals surface area contributed by atoms with Gasteiger partial charge < -0.3 is 9.72 Å². The van der Waals surface area contributed by atoms with Gasteiger partial charge in [0, 0.05) is 29.9 Å². The van der Waals surface area contributed by atoms with E-state index in [4.69, 9.17) is 0 Å². The van der Waals surface area contributed by atoms with Crippen molar-refractivity contribution in [3.8, 4) is 0 Å². The van der Waals surface area contributed by atoms with Gasteiger partial charge in [0.15, 0.2) is 5.43 Å². The summed E-state index contributed by atoms with van der Waals surface area (Å²) in [6.07, 6.45) is -3.45. The molecular weight excluding hydrogens is 383 g/mol. The summed E-state index contributed by atoms with van der Waals surface area (Å²) < 4.78 is 41.6. The zero-order valence-corrected chi connectivity index (χ0v) is 15.3. The third-order valence-electron chi connectivity index (χ3n) is 4.49. The summed E-state index contributed by atoms with van der Waals surface area (Å²) in [6.45, 7) is 0. The predicted molar refractivity (Wildman–Crippen MR) is 101 cm³/mol. The number of aromatic nitrogens is 1. The molecular formula is C22H18F3NO3. The molecule has 0 fully saturated rings. The number of hydrogen-bond acceptors (Lipinski definition) is 3. The number of aromatic amines is 1. The van der Waals surface area contributed by atoms with Crippen LogP contribution in [0.1, 0.15) is 28.3 Å². The van der Waals surface area contributed by atoms with Gasteiger partial charge in [0.05, 0.1) is 5.92 Å². The Kier molecular flexibility index (Phi) is 6.16. The van der Waals surface area contributed by atoms with E-state index < -0.39 is 18.2 Å². The van der Waals surface area contributed by atoms with Crippen LogP contribution in [0.15, 0.2) is 77.7 Å². The van der Waals surface area contributed by atoms with Gasteiger partial charge in [-0.05, 0) is 17.5 Å². The minimum absolute atomic E-state index is 0.211. The maximum absolute atomic E-state index is 12.7. The van der Waals surface area contributed by atoms with Gasteiger partial charge in [0.1, 0.15) is 0 Å². The first-order chi connectivity index (χ1) is 13.8. The maximum Gasteiger partial charge on any atom is 0.575 e. The number of pyridine rings is 1. The Hall–Kier alpha value is -3.35. The van der Waals surface area contributed by atoms with E-state index in [9.17, 15) is 22.8 Å². The molecule has 4 nitrogen and oxygen atoms in total. The first kappa shape index (κ1) is 20.4. The summed E-state index contributed by atoms with van der Waals surface area (Å²) in [5.41, 5.74) is 1.71. The van der Waals surface area contributed by atoms with Gasteiger partial charge in [-0.2, -0.15) is 0 Å². The van der Waals surface area contributed by atoms with Crippen LogP contribution in [0.2, 0.25) is 0 Å². The second-order valence-electron chi connectivity index (χ2n) is 6.50. The summed E-state index contributed by atoms with van der Waals surface area (Å²) in [4.78, 5) is 27.8. The smallest absolute Gasteiger partial charge is 0.372 e. The minimum Gasteiger partial charge on any atom is -0.372 e. The van der Waals surface area contributed by atoms with Crippen LogP contribution >= 0.6 is 0 Å². The number of esters is 1. The van der Waals surface area contributed by atoms with Crippen LogP contribution in [-0.4, -0.2) is 17.3 Å². The molecule has 0 radical (unpaired) electrons. The third kappa shape index (κ3) is 5.57. The van der Waals surface area contributed by atoms with E-state index in [1.165, 1.54) is 24.4 Å². The summed E-state index contributed by atoms with van der Waals surface area (Å²) in [5.74, 6) is -2.71. The molecule has 1 aromatic heterocycles. The number of hydrogen-bond donors (Lipinski definition) is 1. The molecule has 1 heterocycles. The van der Waals surface area contributed by atoms with Gasteiger partial charge in [0.25, 0.3) is 0 Å². The van der Waals surface area contributed by atoms with Crippen LogP contribution in [-0.2, 0) is 22.4 Å². The standard InChI is InChI=1S/C22H18F3NO3/c23-22(24,25)29-21(28)17(16-9-5-2-6-10-16)14-18-19(26-12-11-20(18)27)13-15-7-3-1-4-8-15/h1-12,17H,13-14H2,(H,26,27). The number of halogens is 3. The molecule has 0 aliphatic heterocycles. The number of nitrogens with one attached hydrogen (secondary N) is 1. The van der Waals surface area contributed by atoms with Crippen LogP contribution < -0.4 is 5.43 Å². The monoisotopic (exact) mass is 401 g/mol. The molecule has 0 aliphatic carbocycles. The Labute approximate surface area is 165 Å². The molecule has 3 aromatic rings. The predicted octanol–water partition coefficient (Wildman–Crippen LogP) is 4.36. The van der Waals surface area contributed by atoms with Crippen molar-refractivity contribution in [2.24, 2.45) is 0 Å². The molecule has 29 heavy (non-hydrogen) atoms. The molecule has 1 N–H and O–H groups in total. The van der Waals surface area contributed by atoms with Crippen molar-refractivity contribution in [3.63, 3.8) is 0 Å². The third-order valence-corrected chi connectivity index (χ3v) is 4.49. The second-order valence-corrected chi connectivity index (χ2v) is 6.50. The molecule has 0 spiro atoms. The first-order valence-corrected chi connectivity index (χ1v) is 8.91. The van der Waals surface area contributed by atoms with E-state index in [2.05, 4.69) is 9.72 Å². The number of benzene rings is 2. The fourth-order valence-electron chi connectivity index (χ4n) is 3.15. The summed E-state index contributed by atoms with van der Waals surface area (Å²) in [6, 6.07) is 18.6. The first-order valence-electron chi connectivity index (χ1n) is 8.91. The van der Waals surface area contributed by atoms with Crippen molar-refractivity contribution < 1.29 is 22.7 Å². The largest absolute Gasteiger partial charge is 0.575 e. The molecule has 150 valence electrons. The fourth-order valence-corrected chi connectivity index (χ4v) is 3.15. The lowest BCUT2D eigenvalue weighted by Crippen LogP contribution is -2.28. The van der Waals surface area contributed by atoms with Gasteiger partial charge >= 0.3 is 12.3 Å². The number of rotatable bonds is 6. The number of ether oxygens (including phenoxy) is 1. The maximum atomic E-state index is 12.7. The fraction of sp³-hybridized carbons (Fsp3) is 0.182. The molecule has 0 saturated carbocycles. The Bertz CT molecular complexity index is 1010. The molecule has 0 bridgehead atoms. The Morgan fingerprint density at radius 1 is 0.966 bits per heavy atom. The Morgan fingerprint density at radius 2 is 1.59 bits per heavy atom. The molecule has 3 rings (SSSR count). The van der Waals surface area contributed by atoms with Gasteiger partial charge in [0.2, 0.25) is 0 Å². The SMILES string of the molecule is O=C(OC(F)(F)F)C(Cc1c(Cc2ccccc2)[nH]ccc1=O)c1ccccc1. The number of alkyl halides is 3. The van der Waals surface area contributed by atoms with Crippen molar-refractivity contribution in [3.05, 3.63) is 106 Å². The van der Waals surface area contributed by atoms with Gasteiger partial charge in [-0.1, -0.05) is 60.7 Å².